The van der Waals surface area contributed by atoms with Crippen LogP contribution in [0.3, 0.4) is 0 Å². The maximum absolute atomic E-state index is 11.8. The van der Waals surface area contributed by atoms with E-state index < -0.39 is 40.5 Å². The molecule has 9 rings (SSSR count). The Kier molecular flexibility index (Phi) is 19.5. The first-order valence-corrected chi connectivity index (χ1v) is 32.8. The molecule has 9 heterocycles. The topological polar surface area (TPSA) is 243 Å². The first-order valence-electron chi connectivity index (χ1n) is 25.5. The van der Waals surface area contributed by atoms with Gasteiger partial charge in [-0.05, 0) is 70.8 Å². The maximum Gasteiger partial charge on any atom is 3.00 e. The van der Waals surface area contributed by atoms with Crippen molar-refractivity contribution in [3.05, 3.63) is 145 Å². The second-order valence-electron chi connectivity index (χ2n) is 19.2. The number of pyridine rings is 4. The second-order valence-corrected chi connectivity index (χ2v) is 25.8. The summed E-state index contributed by atoms with van der Waals surface area (Å²) in [5.74, 6) is 0. The van der Waals surface area contributed by atoms with Crippen LogP contribution in [0.1, 0.15) is 48.5 Å². The van der Waals surface area contributed by atoms with Crippen LogP contribution >= 0.6 is 0 Å². The third kappa shape index (κ3) is 16.7. The Morgan fingerprint density at radius 3 is 0.802 bits per heavy atom. The van der Waals surface area contributed by atoms with Gasteiger partial charge in [0.1, 0.15) is 0 Å². The molecule has 8 bridgehead atoms. The molecule has 7 aromatic heterocycles. The summed E-state index contributed by atoms with van der Waals surface area (Å²) in [7, 11) is -14.5. The van der Waals surface area contributed by atoms with Gasteiger partial charge in [0.25, 0.3) is 40.5 Å². The zero-order chi connectivity index (χ0) is 56.7. The van der Waals surface area contributed by atoms with Crippen LogP contribution in [-0.2, 0) is 100 Å². The van der Waals surface area contributed by atoms with Crippen LogP contribution in [0.2, 0.25) is 0 Å². The maximum atomic E-state index is 11.8. The van der Waals surface area contributed by atoms with Gasteiger partial charge in [0.2, 0.25) is 0 Å². The Morgan fingerprint density at radius 1 is 0.370 bits per heavy atom. The summed E-state index contributed by atoms with van der Waals surface area (Å²) in [5, 5.41) is 0. The molecule has 0 radical (unpaired) electrons. The summed E-state index contributed by atoms with van der Waals surface area (Å²) in [6.45, 7) is 1.85. The quantitative estimate of drug-likeness (QED) is 0.0327. The van der Waals surface area contributed by atoms with E-state index >= 15 is 0 Å². The van der Waals surface area contributed by atoms with Gasteiger partial charge in [0, 0.05) is 72.2 Å². The van der Waals surface area contributed by atoms with Gasteiger partial charge in [0.05, 0.1) is 74.2 Å². The number of nitrogens with zero attached hydrogens (tertiary/aromatic N) is 8. The average Bonchev–Trinajstić information content (AvgIpc) is 4.35. The van der Waals surface area contributed by atoms with Crippen molar-refractivity contribution in [3.63, 3.8) is 0 Å². The number of hydrogen-bond acceptors (Lipinski definition) is 14. The number of aryl methyl sites for hydroxylation is 4. The summed E-state index contributed by atoms with van der Waals surface area (Å²) < 4.78 is 122. The Bertz CT molecular complexity index is 3660. The zero-order valence-corrected chi connectivity index (χ0v) is 49.3. The molecule has 422 valence electrons. The molecule has 2 aliphatic rings. The van der Waals surface area contributed by atoms with Gasteiger partial charge in [-0.2, -0.15) is 33.7 Å². The van der Waals surface area contributed by atoms with E-state index in [9.17, 15) is 33.7 Å². The molecule has 0 spiro atoms. The molecule has 0 atom stereocenters. The van der Waals surface area contributed by atoms with Crippen LogP contribution in [0.25, 0.3) is 90.9 Å². The van der Waals surface area contributed by atoms with Gasteiger partial charge in [-0.1, -0.05) is 24.3 Å². The van der Waals surface area contributed by atoms with Gasteiger partial charge in [-0.25, -0.2) is 28.2 Å². The van der Waals surface area contributed by atoms with E-state index in [1.54, 1.807) is 0 Å². The van der Waals surface area contributed by atoms with Crippen molar-refractivity contribution in [3.8, 4) is 44.5 Å². The van der Waals surface area contributed by atoms with Gasteiger partial charge < -0.3 is 9.97 Å². The molecular formula is C56H60MnN8O12S4+5. The first kappa shape index (κ1) is 60.5. The summed E-state index contributed by atoms with van der Waals surface area (Å²) in [4.78, 5) is 21.6. The average molecular weight is 1220 g/mol. The van der Waals surface area contributed by atoms with Crippen LogP contribution in [0.5, 0.6) is 0 Å². The van der Waals surface area contributed by atoms with E-state index in [0.717, 1.165) is 47.3 Å². The van der Waals surface area contributed by atoms with E-state index in [4.69, 9.17) is 36.7 Å². The monoisotopic (exact) mass is 1220 g/mol. The predicted octanol–water partition coefficient (Wildman–Crippen LogP) is 5.19. The Balaban J connectivity index is 0.00000860. The van der Waals surface area contributed by atoms with Crippen LogP contribution < -0.4 is 28.2 Å². The fraction of sp³-hybridized carbons (Fsp3) is 0.286. The normalized spacial score (nSPS) is 12.7. The molecule has 20 nitrogen and oxygen atoms in total. The molecule has 25 heteroatoms. The molecule has 0 saturated carbocycles. The molecule has 0 aliphatic carbocycles. The molecule has 0 saturated heterocycles. The Morgan fingerprint density at radius 2 is 0.593 bits per heavy atom. The molecule has 0 unspecified atom stereocenters. The zero-order valence-electron chi connectivity index (χ0n) is 44.8. The molecule has 0 N–H and O–H groups in total. The first-order chi connectivity index (χ1) is 38.1. The van der Waals surface area contributed by atoms with Gasteiger partial charge >= 0.3 is 17.1 Å². The van der Waals surface area contributed by atoms with E-state index in [2.05, 4.69) is 0 Å². The fourth-order valence-electron chi connectivity index (χ4n) is 9.34. The second kappa shape index (κ2) is 26.1. The van der Waals surface area contributed by atoms with E-state index in [1.807, 2.05) is 165 Å². The minimum absolute atomic E-state index is 0. The largest absolute Gasteiger partial charge is 3.00 e. The molecular weight excluding hydrogens is 1160 g/mol. The summed E-state index contributed by atoms with van der Waals surface area (Å²) >= 11 is 0. The number of rotatable bonds is 24. The Hall–Kier alpha value is -6.64. The van der Waals surface area contributed by atoms with E-state index in [0.29, 0.717) is 119 Å². The van der Waals surface area contributed by atoms with Crippen molar-refractivity contribution in [2.24, 2.45) is 0 Å². The standard InChI is InChI=1S/C56H60N8O12S4.Mn/c1-77(65,66)73-33-9-29-61-25-5-13-41(37-61)53-45-17-19-47(57-45)54(42-14-6-26-62(38-42)30-10-34-74-78(2,67)68)49-21-23-51(59-49)56(44-16-8-28-64(40-44)32-12-36-76-80(4,71)72)52-24-22-50(60-52)55(48-20-18-46(53)58-48)43-15-7-27-63(39-43)31-11-35-75-79(3,69)70;/h5-8,13-28,37-40H,9-12,29-36H2,1-4H3;/q+2;+3. The van der Waals surface area contributed by atoms with Crippen LogP contribution in [0.4, 0.5) is 0 Å². The van der Waals surface area contributed by atoms with Crippen molar-refractivity contribution in [2.75, 3.05) is 51.5 Å². The van der Waals surface area contributed by atoms with E-state index in [1.165, 1.54) is 0 Å². The summed E-state index contributed by atoms with van der Waals surface area (Å²) in [5.41, 5.74) is 10.8. The number of fused-ring (bicyclic) bond motifs is 8. The predicted molar refractivity (Wildman–Crippen MR) is 301 cm³/mol. The third-order valence-electron chi connectivity index (χ3n) is 12.6. The molecule has 81 heavy (non-hydrogen) atoms. The van der Waals surface area contributed by atoms with Crippen molar-refractivity contribution < 1.29 is 85.7 Å². The number of hydrogen-bond donors (Lipinski definition) is 0. The number of aromatic nitrogens is 8. The fourth-order valence-corrected chi connectivity index (χ4v) is 11.0. The van der Waals surface area contributed by atoms with Gasteiger partial charge in [-0.15, -0.1) is 22.1 Å². The molecule has 0 amide bonds. The van der Waals surface area contributed by atoms with Crippen LogP contribution in [0.15, 0.2) is 122 Å². The van der Waals surface area contributed by atoms with E-state index in [-0.39, 0.29) is 43.5 Å². The van der Waals surface area contributed by atoms with Crippen LogP contribution in [-0.4, -0.2) is 95.1 Å². The van der Waals surface area contributed by atoms with Crippen molar-refractivity contribution in [1.82, 2.24) is 19.9 Å². The van der Waals surface area contributed by atoms with Gasteiger partial charge in [0.15, 0.2) is 75.8 Å². The summed E-state index contributed by atoms with van der Waals surface area (Å²) in [6, 6.07) is 23.3. The third-order valence-corrected chi connectivity index (χ3v) is 15.0. The molecule has 0 aromatic carbocycles. The molecule has 0 fully saturated rings. The van der Waals surface area contributed by atoms with Gasteiger partial charge in [-0.3, -0.25) is 16.7 Å². The van der Waals surface area contributed by atoms with Crippen molar-refractivity contribution in [2.45, 2.75) is 51.9 Å². The van der Waals surface area contributed by atoms with Crippen LogP contribution in [0, 0.1) is 0 Å². The minimum Gasteiger partial charge on any atom is -0.657 e. The Labute approximate surface area is 482 Å². The summed E-state index contributed by atoms with van der Waals surface area (Å²) in [6.07, 6.45) is 29.0. The minimum atomic E-state index is -3.62. The molecule has 2 aliphatic heterocycles. The van der Waals surface area contributed by atoms with Crippen molar-refractivity contribution in [1.29, 1.82) is 0 Å². The smallest absolute Gasteiger partial charge is 0.657 e. The van der Waals surface area contributed by atoms with Crippen molar-refractivity contribution >= 4 is 86.8 Å². The SMILES string of the molecule is CS(=O)(=O)OCCC[n+]1cccc(-c2c3nc(c(-c4ccc[n+](CCCOS(C)(=O)=O)c4)c4ccc([n-]4)c(-c4ccc[n+](CCCOS(C)(=O)=O)c4)c4nc(c(-c5ccc[n+](CCCOS(C)(=O)=O)c5)c5ccc2[n-]5)C=C4)C=C3)c1.[Mn+3]. The molecule has 7 aromatic rings.